The van der Waals surface area contributed by atoms with E-state index in [1.165, 1.54) is 0 Å². The molecule has 0 aromatic carbocycles. The summed E-state index contributed by atoms with van der Waals surface area (Å²) in [6, 6.07) is 2.43. The highest BCUT2D eigenvalue weighted by Gasteiger charge is 2.10. The van der Waals surface area contributed by atoms with Crippen molar-refractivity contribution in [1.82, 2.24) is 10.3 Å². The van der Waals surface area contributed by atoms with E-state index in [4.69, 9.17) is 4.74 Å². The second-order valence-corrected chi connectivity index (χ2v) is 5.35. The molecule has 1 N–H and O–H groups in total. The third kappa shape index (κ3) is 6.03. The smallest absolute Gasteiger partial charge is 0.139 e. The topological polar surface area (TPSA) is 34.1 Å². The van der Waals surface area contributed by atoms with Crippen LogP contribution in [0.2, 0.25) is 0 Å². The predicted octanol–water partition coefficient (Wildman–Crippen LogP) is 3.39. The molecule has 1 aromatic heterocycles. The monoisotopic (exact) mass is 300 g/mol. The maximum absolute atomic E-state index is 5.93. The minimum Gasteiger partial charge on any atom is -0.487 e. The molecule has 0 aliphatic rings. The summed E-state index contributed by atoms with van der Waals surface area (Å²) in [5, 5.41) is 3.41. The second-order valence-electron chi connectivity index (χ2n) is 4.43. The van der Waals surface area contributed by atoms with Crippen LogP contribution in [0.4, 0.5) is 0 Å². The van der Waals surface area contributed by atoms with Crippen molar-refractivity contribution in [2.24, 2.45) is 0 Å². The Morgan fingerprint density at radius 3 is 2.76 bits per heavy atom. The number of pyridine rings is 1. The average Bonchev–Trinajstić information content (AvgIpc) is 2.26. The van der Waals surface area contributed by atoms with Gasteiger partial charge in [-0.15, -0.1) is 0 Å². The Labute approximate surface area is 112 Å². The molecule has 0 fully saturated rings. The Hall–Kier alpha value is -0.610. The van der Waals surface area contributed by atoms with Crippen LogP contribution >= 0.6 is 15.9 Å². The van der Waals surface area contributed by atoms with E-state index in [1.807, 2.05) is 6.07 Å². The van der Waals surface area contributed by atoms with Crippen LogP contribution < -0.4 is 10.1 Å². The molecule has 0 saturated heterocycles. The normalized spacial score (nSPS) is 12.8. The van der Waals surface area contributed by atoms with Crippen molar-refractivity contribution in [2.45, 2.75) is 45.8 Å². The van der Waals surface area contributed by atoms with Crippen molar-refractivity contribution < 1.29 is 4.74 Å². The number of hydrogen-bond acceptors (Lipinski definition) is 3. The maximum atomic E-state index is 5.93. The van der Waals surface area contributed by atoms with Gasteiger partial charge in [0.25, 0.3) is 0 Å². The number of halogens is 1. The van der Waals surface area contributed by atoms with E-state index in [0.717, 1.165) is 29.6 Å². The van der Waals surface area contributed by atoms with E-state index in [-0.39, 0.29) is 6.10 Å². The van der Waals surface area contributed by atoms with Gasteiger partial charge in [-0.1, -0.05) is 27.2 Å². The average molecular weight is 301 g/mol. The van der Waals surface area contributed by atoms with Gasteiger partial charge >= 0.3 is 0 Å². The number of nitrogens with zero attached hydrogens (tertiary/aromatic N) is 1. The lowest BCUT2D eigenvalue weighted by molar-refractivity contribution is 0.182. The summed E-state index contributed by atoms with van der Waals surface area (Å²) in [5.74, 6) is 0.823. The van der Waals surface area contributed by atoms with Crippen LogP contribution in [0.1, 0.15) is 33.6 Å². The van der Waals surface area contributed by atoms with Crippen LogP contribution in [0, 0.1) is 0 Å². The third-order valence-corrected chi connectivity index (χ3v) is 2.78. The summed E-state index contributed by atoms with van der Waals surface area (Å²) < 4.78 is 6.88. The summed E-state index contributed by atoms with van der Waals surface area (Å²) in [4.78, 5) is 4.10. The first-order valence-corrected chi connectivity index (χ1v) is 6.91. The lowest BCUT2D eigenvalue weighted by Crippen LogP contribution is -2.35. The van der Waals surface area contributed by atoms with E-state index >= 15 is 0 Å². The molecular formula is C13H21BrN2O. The Bertz CT molecular complexity index is 331. The van der Waals surface area contributed by atoms with Gasteiger partial charge in [-0.2, -0.15) is 0 Å². The first kappa shape index (κ1) is 14.5. The van der Waals surface area contributed by atoms with Gasteiger partial charge in [0.05, 0.1) is 6.20 Å². The van der Waals surface area contributed by atoms with Crippen molar-refractivity contribution in [1.29, 1.82) is 0 Å². The zero-order chi connectivity index (χ0) is 12.7. The highest BCUT2D eigenvalue weighted by Crippen LogP contribution is 2.18. The van der Waals surface area contributed by atoms with Crippen LogP contribution in [0.5, 0.6) is 5.75 Å². The zero-order valence-electron chi connectivity index (χ0n) is 10.7. The SMILES string of the molecule is CCCC(CNC(C)C)Oc1cncc(Br)c1. The van der Waals surface area contributed by atoms with Gasteiger partial charge in [-0.05, 0) is 28.4 Å². The number of nitrogens with one attached hydrogen (secondary N) is 1. The van der Waals surface area contributed by atoms with Crippen LogP contribution in [0.3, 0.4) is 0 Å². The molecule has 0 spiro atoms. The molecule has 0 saturated carbocycles. The number of aromatic nitrogens is 1. The molecule has 96 valence electrons. The predicted molar refractivity (Wildman–Crippen MR) is 74.4 cm³/mol. The molecule has 1 rings (SSSR count). The summed E-state index contributed by atoms with van der Waals surface area (Å²) in [5.41, 5.74) is 0. The molecule has 0 radical (unpaired) electrons. The van der Waals surface area contributed by atoms with Gasteiger partial charge in [0.2, 0.25) is 0 Å². The van der Waals surface area contributed by atoms with E-state index < -0.39 is 0 Å². The number of ether oxygens (including phenoxy) is 1. The molecular weight excluding hydrogens is 280 g/mol. The maximum Gasteiger partial charge on any atom is 0.139 e. The molecule has 4 heteroatoms. The fraction of sp³-hybridized carbons (Fsp3) is 0.615. The molecule has 0 aliphatic heterocycles. The molecule has 17 heavy (non-hydrogen) atoms. The van der Waals surface area contributed by atoms with Crippen molar-refractivity contribution in [3.05, 3.63) is 22.9 Å². The van der Waals surface area contributed by atoms with E-state index in [0.29, 0.717) is 6.04 Å². The Kier molecular flexibility index (Phi) is 6.52. The van der Waals surface area contributed by atoms with Crippen molar-refractivity contribution in [3.63, 3.8) is 0 Å². The number of hydrogen-bond donors (Lipinski definition) is 1. The van der Waals surface area contributed by atoms with Crippen molar-refractivity contribution in [2.75, 3.05) is 6.54 Å². The zero-order valence-corrected chi connectivity index (χ0v) is 12.3. The van der Waals surface area contributed by atoms with Crippen molar-refractivity contribution >= 4 is 15.9 Å². The minimum atomic E-state index is 0.207. The van der Waals surface area contributed by atoms with Crippen LogP contribution in [0.25, 0.3) is 0 Å². The molecule has 3 nitrogen and oxygen atoms in total. The summed E-state index contributed by atoms with van der Waals surface area (Å²) >= 11 is 3.40. The van der Waals surface area contributed by atoms with Gasteiger partial charge in [0.15, 0.2) is 0 Å². The molecule has 1 aromatic rings. The van der Waals surface area contributed by atoms with Gasteiger partial charge in [-0.25, -0.2) is 0 Å². The quantitative estimate of drug-likeness (QED) is 0.838. The molecule has 0 amide bonds. The minimum absolute atomic E-state index is 0.207. The molecule has 0 aliphatic carbocycles. The third-order valence-electron chi connectivity index (χ3n) is 2.35. The highest BCUT2D eigenvalue weighted by molar-refractivity contribution is 9.10. The summed E-state index contributed by atoms with van der Waals surface area (Å²) in [7, 11) is 0. The van der Waals surface area contributed by atoms with Gasteiger partial charge < -0.3 is 10.1 Å². The first-order chi connectivity index (χ1) is 8.11. The van der Waals surface area contributed by atoms with Crippen LogP contribution in [-0.2, 0) is 0 Å². The van der Waals surface area contributed by atoms with Gasteiger partial charge in [0, 0.05) is 23.3 Å². The van der Waals surface area contributed by atoms with Crippen LogP contribution in [-0.4, -0.2) is 23.7 Å². The van der Waals surface area contributed by atoms with Gasteiger partial charge in [-0.3, -0.25) is 4.98 Å². The molecule has 1 atom stereocenters. The van der Waals surface area contributed by atoms with E-state index in [2.05, 4.69) is 47.0 Å². The van der Waals surface area contributed by atoms with Crippen molar-refractivity contribution in [3.8, 4) is 5.75 Å². The largest absolute Gasteiger partial charge is 0.487 e. The second kappa shape index (κ2) is 7.67. The number of rotatable bonds is 7. The first-order valence-electron chi connectivity index (χ1n) is 6.12. The summed E-state index contributed by atoms with van der Waals surface area (Å²) in [6.07, 6.45) is 5.88. The Morgan fingerprint density at radius 2 is 2.18 bits per heavy atom. The molecule has 0 bridgehead atoms. The fourth-order valence-electron chi connectivity index (χ4n) is 1.54. The lowest BCUT2D eigenvalue weighted by Gasteiger charge is -2.20. The Morgan fingerprint density at radius 1 is 1.41 bits per heavy atom. The van der Waals surface area contributed by atoms with Crippen LogP contribution in [0.15, 0.2) is 22.9 Å². The lowest BCUT2D eigenvalue weighted by atomic mass is 10.2. The molecule has 1 heterocycles. The summed E-state index contributed by atoms with van der Waals surface area (Å²) in [6.45, 7) is 7.33. The van der Waals surface area contributed by atoms with E-state index in [1.54, 1.807) is 12.4 Å². The Balaban J connectivity index is 2.53. The highest BCUT2D eigenvalue weighted by atomic mass is 79.9. The standard InChI is InChI=1S/C13H21BrN2O/c1-4-5-12(9-16-10(2)3)17-13-6-11(14)7-15-8-13/h6-8,10,12,16H,4-5,9H2,1-3H3. The van der Waals surface area contributed by atoms with Gasteiger partial charge in [0.1, 0.15) is 11.9 Å². The fourth-order valence-corrected chi connectivity index (χ4v) is 1.88. The van der Waals surface area contributed by atoms with E-state index in [9.17, 15) is 0 Å². The molecule has 1 unspecified atom stereocenters.